The van der Waals surface area contributed by atoms with Crippen LogP contribution in [-0.2, 0) is 4.79 Å². The molecule has 3 aliphatic rings. The summed E-state index contributed by atoms with van der Waals surface area (Å²) in [4.78, 5) is 28.1. The minimum Gasteiger partial charge on any atom is -0.368 e. The first-order valence-corrected chi connectivity index (χ1v) is 15.7. The number of rotatable bonds is 12. The van der Waals surface area contributed by atoms with Crippen LogP contribution in [0.1, 0.15) is 85.0 Å². The quantitative estimate of drug-likeness (QED) is 0.211. The molecular weight excluding hydrogens is 504 g/mol. The number of nitrogens with zero attached hydrogens (tertiary/aromatic N) is 4. The number of nitrogens with two attached hydrogens (primary N) is 1. The third kappa shape index (κ3) is 10.3. The zero-order chi connectivity index (χ0) is 28.4. The molecule has 1 aromatic heterocycles. The van der Waals surface area contributed by atoms with Crippen LogP contribution in [0.2, 0.25) is 0 Å². The van der Waals surface area contributed by atoms with E-state index < -0.39 is 0 Å². The zero-order valence-electron chi connectivity index (χ0n) is 25.1. The van der Waals surface area contributed by atoms with Crippen LogP contribution >= 0.6 is 0 Å². The Balaban J connectivity index is 1.13. The van der Waals surface area contributed by atoms with Gasteiger partial charge in [0, 0.05) is 37.8 Å². The second-order valence-corrected chi connectivity index (χ2v) is 13.1. The van der Waals surface area contributed by atoms with Crippen LogP contribution in [0, 0.1) is 11.8 Å². The standard InChI is InChI=1S/C29H54N10O/c1-29(2,3)38-25(40)24-20-39(17-16-33-24)28-36-26(30)35-27(37-28)34-19-22-12-10-21(11-13-22)18-31-14-7-15-32-23-8-5-4-6-9-23/h21-24,31-33H,4-20H2,1-3H3,(H,38,40)(H3,30,34,35,36,37)/t21-,22-,24-/m0/s1. The third-order valence-corrected chi connectivity index (χ3v) is 8.43. The van der Waals surface area contributed by atoms with E-state index in [0.717, 1.165) is 38.1 Å². The van der Waals surface area contributed by atoms with E-state index in [1.807, 2.05) is 25.7 Å². The molecule has 2 aliphatic carbocycles. The van der Waals surface area contributed by atoms with Crippen molar-refractivity contribution in [3.8, 4) is 0 Å². The lowest BCUT2D eigenvalue weighted by atomic mass is 9.82. The predicted molar refractivity (Wildman–Crippen MR) is 162 cm³/mol. The number of hydrogen-bond acceptors (Lipinski definition) is 10. The zero-order valence-corrected chi connectivity index (χ0v) is 25.1. The fraction of sp³-hybridized carbons (Fsp3) is 0.862. The lowest BCUT2D eigenvalue weighted by molar-refractivity contribution is -0.124. The number of nitrogen functional groups attached to an aromatic ring is 1. The SMILES string of the molecule is CC(C)(C)NC(=O)[C@@H]1CN(c2nc(N)nc(NC[C@H]3CC[C@H](CNCCCNC4CCCCC4)CC3)n2)CCN1. The van der Waals surface area contributed by atoms with E-state index in [0.29, 0.717) is 37.4 Å². The molecule has 1 amide bonds. The maximum Gasteiger partial charge on any atom is 0.239 e. The van der Waals surface area contributed by atoms with Crippen LogP contribution in [0.25, 0.3) is 0 Å². The number of carbonyl (C=O) groups excluding carboxylic acids is 1. The maximum absolute atomic E-state index is 12.7. The summed E-state index contributed by atoms with van der Waals surface area (Å²) in [5, 5.41) is 17.2. The molecule has 1 saturated heterocycles. The van der Waals surface area contributed by atoms with Crippen LogP contribution in [0.5, 0.6) is 0 Å². The van der Waals surface area contributed by atoms with Crippen molar-refractivity contribution in [2.24, 2.45) is 11.8 Å². The van der Waals surface area contributed by atoms with Gasteiger partial charge >= 0.3 is 0 Å². The van der Waals surface area contributed by atoms with Gasteiger partial charge in [-0.1, -0.05) is 19.3 Å². The summed E-state index contributed by atoms with van der Waals surface area (Å²) in [6.07, 6.45) is 13.1. The summed E-state index contributed by atoms with van der Waals surface area (Å²) in [5.41, 5.74) is 5.77. The van der Waals surface area contributed by atoms with Gasteiger partial charge in [0.25, 0.3) is 0 Å². The largest absolute Gasteiger partial charge is 0.368 e. The fourth-order valence-electron chi connectivity index (χ4n) is 6.17. The van der Waals surface area contributed by atoms with Gasteiger partial charge in [0.1, 0.15) is 6.04 Å². The molecule has 2 saturated carbocycles. The second kappa shape index (κ2) is 15.1. The first kappa shape index (κ1) is 30.7. The molecule has 0 unspecified atom stereocenters. The number of amides is 1. The maximum atomic E-state index is 12.7. The fourth-order valence-corrected chi connectivity index (χ4v) is 6.17. The summed E-state index contributed by atoms with van der Waals surface area (Å²) >= 11 is 0. The molecule has 7 N–H and O–H groups in total. The first-order chi connectivity index (χ1) is 19.2. The molecule has 4 rings (SSSR count). The molecule has 1 aromatic rings. The number of piperazine rings is 1. The number of nitrogens with one attached hydrogen (secondary N) is 5. The molecule has 3 fully saturated rings. The van der Waals surface area contributed by atoms with Crippen LogP contribution in [-0.4, -0.2) is 84.3 Å². The molecule has 226 valence electrons. The van der Waals surface area contributed by atoms with Gasteiger partial charge in [0.2, 0.25) is 23.8 Å². The highest BCUT2D eigenvalue weighted by Crippen LogP contribution is 2.28. The average Bonchev–Trinajstić information content (AvgIpc) is 2.94. The second-order valence-electron chi connectivity index (χ2n) is 13.1. The van der Waals surface area contributed by atoms with Gasteiger partial charge in [-0.2, -0.15) is 15.0 Å². The van der Waals surface area contributed by atoms with Crippen molar-refractivity contribution in [2.75, 3.05) is 61.8 Å². The van der Waals surface area contributed by atoms with E-state index in [4.69, 9.17) is 5.73 Å². The van der Waals surface area contributed by atoms with Crippen molar-refractivity contribution in [1.82, 2.24) is 36.2 Å². The Morgan fingerprint density at radius 1 is 0.975 bits per heavy atom. The summed E-state index contributed by atoms with van der Waals surface area (Å²) in [6.45, 7) is 12.0. The Morgan fingerprint density at radius 3 is 2.42 bits per heavy atom. The van der Waals surface area contributed by atoms with E-state index >= 15 is 0 Å². The van der Waals surface area contributed by atoms with Crippen LogP contribution in [0.15, 0.2) is 0 Å². The van der Waals surface area contributed by atoms with Gasteiger partial charge < -0.3 is 37.2 Å². The minimum absolute atomic E-state index is 0.0185. The number of anilines is 3. The van der Waals surface area contributed by atoms with Crippen molar-refractivity contribution in [3.05, 3.63) is 0 Å². The van der Waals surface area contributed by atoms with E-state index in [1.54, 1.807) is 0 Å². The number of aromatic nitrogens is 3. The van der Waals surface area contributed by atoms with Crippen LogP contribution < -0.4 is 37.2 Å². The van der Waals surface area contributed by atoms with Gasteiger partial charge in [0.05, 0.1) is 0 Å². The number of hydrogen-bond donors (Lipinski definition) is 6. The van der Waals surface area contributed by atoms with Gasteiger partial charge in [-0.25, -0.2) is 0 Å². The van der Waals surface area contributed by atoms with Crippen molar-refractivity contribution in [3.63, 3.8) is 0 Å². The first-order valence-electron chi connectivity index (χ1n) is 15.7. The van der Waals surface area contributed by atoms with E-state index in [1.165, 1.54) is 64.2 Å². The molecule has 1 atom stereocenters. The summed E-state index contributed by atoms with van der Waals surface area (Å²) in [7, 11) is 0. The normalized spacial score (nSPS) is 24.6. The van der Waals surface area contributed by atoms with Gasteiger partial charge in [-0.15, -0.1) is 0 Å². The highest BCUT2D eigenvalue weighted by molar-refractivity contribution is 5.83. The minimum atomic E-state index is -0.328. The van der Waals surface area contributed by atoms with Gasteiger partial charge in [-0.3, -0.25) is 4.79 Å². The predicted octanol–water partition coefficient (Wildman–Crippen LogP) is 2.27. The molecule has 1 aliphatic heterocycles. The lowest BCUT2D eigenvalue weighted by Crippen LogP contribution is -2.59. The van der Waals surface area contributed by atoms with Crippen LogP contribution in [0.4, 0.5) is 17.8 Å². The molecular formula is C29H54N10O. The molecule has 0 aromatic carbocycles. The summed E-state index contributed by atoms with van der Waals surface area (Å²) < 4.78 is 0. The molecule has 11 heteroatoms. The van der Waals surface area contributed by atoms with Crippen molar-refractivity contribution in [1.29, 1.82) is 0 Å². The molecule has 2 heterocycles. The van der Waals surface area contributed by atoms with Crippen molar-refractivity contribution < 1.29 is 4.79 Å². The van der Waals surface area contributed by atoms with Crippen molar-refractivity contribution in [2.45, 2.75) is 103 Å². The topological polar surface area (TPSA) is 145 Å². The Labute approximate surface area is 241 Å². The van der Waals surface area contributed by atoms with Crippen LogP contribution in [0.3, 0.4) is 0 Å². The Bertz CT molecular complexity index is 909. The average molecular weight is 559 g/mol. The summed E-state index contributed by atoms with van der Waals surface area (Å²) in [5.74, 6) is 2.61. The van der Waals surface area contributed by atoms with Gasteiger partial charge in [-0.05, 0) is 97.2 Å². The Kier molecular flexibility index (Phi) is 11.6. The molecule has 0 spiro atoms. The van der Waals surface area contributed by atoms with E-state index in [-0.39, 0.29) is 23.4 Å². The summed E-state index contributed by atoms with van der Waals surface area (Å²) in [6, 6.07) is 0.435. The molecule has 40 heavy (non-hydrogen) atoms. The van der Waals surface area contributed by atoms with E-state index in [2.05, 4.69) is 41.5 Å². The number of carbonyl (C=O) groups is 1. The van der Waals surface area contributed by atoms with E-state index in [9.17, 15) is 4.79 Å². The van der Waals surface area contributed by atoms with Gasteiger partial charge in [0.15, 0.2) is 0 Å². The molecule has 0 radical (unpaired) electrons. The third-order valence-electron chi connectivity index (χ3n) is 8.43. The highest BCUT2D eigenvalue weighted by Gasteiger charge is 2.29. The molecule has 0 bridgehead atoms. The van der Waals surface area contributed by atoms with Crippen molar-refractivity contribution >= 4 is 23.8 Å². The lowest BCUT2D eigenvalue weighted by Gasteiger charge is -2.34. The Hall–Kier alpha value is -2.24. The monoisotopic (exact) mass is 558 g/mol. The Morgan fingerprint density at radius 2 is 1.70 bits per heavy atom. The highest BCUT2D eigenvalue weighted by atomic mass is 16.2. The molecule has 11 nitrogen and oxygen atoms in total. The smallest absolute Gasteiger partial charge is 0.239 e.